The van der Waals surface area contributed by atoms with Gasteiger partial charge in [0.1, 0.15) is 0 Å². The zero-order chi connectivity index (χ0) is 12.3. The molecule has 4 heteroatoms. The molecular formula is C13H19NO3. The van der Waals surface area contributed by atoms with Gasteiger partial charge in [-0.3, -0.25) is 4.90 Å². The second kappa shape index (κ2) is 5.14. The first-order chi connectivity index (χ1) is 8.18. The number of ether oxygens (including phenoxy) is 1. The lowest BCUT2D eigenvalue weighted by Gasteiger charge is -2.45. The molecule has 0 bridgehead atoms. The molecule has 4 nitrogen and oxygen atoms in total. The minimum Gasteiger partial charge on any atom is -0.395 e. The van der Waals surface area contributed by atoms with Gasteiger partial charge in [-0.25, -0.2) is 0 Å². The number of morpholine rings is 1. The number of aliphatic hydroxyl groups is 2. The van der Waals surface area contributed by atoms with Gasteiger partial charge in [0, 0.05) is 18.7 Å². The maximum atomic E-state index is 10.7. The van der Waals surface area contributed by atoms with E-state index in [1.807, 2.05) is 42.2 Å². The number of hydrogen-bond donors (Lipinski definition) is 2. The topological polar surface area (TPSA) is 52.9 Å². The Morgan fingerprint density at radius 2 is 2.12 bits per heavy atom. The predicted molar refractivity (Wildman–Crippen MR) is 64.4 cm³/mol. The summed E-state index contributed by atoms with van der Waals surface area (Å²) in [6.45, 7) is 3.77. The van der Waals surface area contributed by atoms with Gasteiger partial charge in [-0.05, 0) is 6.92 Å². The first-order valence-corrected chi connectivity index (χ1v) is 5.95. The van der Waals surface area contributed by atoms with Crippen LogP contribution in [0, 0.1) is 0 Å². The van der Waals surface area contributed by atoms with Crippen molar-refractivity contribution in [1.29, 1.82) is 0 Å². The fraction of sp³-hybridized carbons (Fsp3) is 0.538. The number of benzene rings is 1. The molecule has 1 saturated heterocycles. The molecule has 0 aromatic heterocycles. The Balaban J connectivity index is 2.24. The van der Waals surface area contributed by atoms with Gasteiger partial charge in [0.05, 0.1) is 19.3 Å². The molecule has 2 N–H and O–H groups in total. The van der Waals surface area contributed by atoms with Gasteiger partial charge < -0.3 is 14.9 Å². The summed E-state index contributed by atoms with van der Waals surface area (Å²) in [5, 5.41) is 19.7. The van der Waals surface area contributed by atoms with Crippen molar-refractivity contribution in [2.24, 2.45) is 0 Å². The van der Waals surface area contributed by atoms with E-state index < -0.39 is 5.79 Å². The summed E-state index contributed by atoms with van der Waals surface area (Å²) in [6.07, 6.45) is 0. The Hall–Kier alpha value is -0.940. The summed E-state index contributed by atoms with van der Waals surface area (Å²) in [7, 11) is 0. The van der Waals surface area contributed by atoms with Gasteiger partial charge in [0.15, 0.2) is 0 Å². The molecule has 0 saturated carbocycles. The third-order valence-corrected chi connectivity index (χ3v) is 3.39. The van der Waals surface area contributed by atoms with Crippen LogP contribution in [0.25, 0.3) is 0 Å². The summed E-state index contributed by atoms with van der Waals surface area (Å²) in [5.74, 6) is -1.28. The van der Waals surface area contributed by atoms with Crippen molar-refractivity contribution < 1.29 is 14.9 Å². The summed E-state index contributed by atoms with van der Waals surface area (Å²) in [4.78, 5) is 2.04. The van der Waals surface area contributed by atoms with Crippen LogP contribution < -0.4 is 0 Å². The van der Waals surface area contributed by atoms with Crippen LogP contribution in [0.2, 0.25) is 0 Å². The largest absolute Gasteiger partial charge is 0.395 e. The molecular weight excluding hydrogens is 218 g/mol. The Labute approximate surface area is 101 Å². The highest BCUT2D eigenvalue weighted by Crippen LogP contribution is 2.32. The van der Waals surface area contributed by atoms with E-state index in [9.17, 15) is 5.11 Å². The first kappa shape index (κ1) is 12.5. The van der Waals surface area contributed by atoms with Crippen molar-refractivity contribution in [3.8, 4) is 0 Å². The van der Waals surface area contributed by atoms with E-state index in [4.69, 9.17) is 9.84 Å². The summed E-state index contributed by atoms with van der Waals surface area (Å²) in [6, 6.07) is 9.22. The Kier molecular flexibility index (Phi) is 3.79. The fourth-order valence-electron chi connectivity index (χ4n) is 2.32. The molecule has 94 valence electrons. The van der Waals surface area contributed by atoms with Crippen LogP contribution in [0.1, 0.15) is 12.5 Å². The first-order valence-electron chi connectivity index (χ1n) is 5.95. The van der Waals surface area contributed by atoms with Crippen molar-refractivity contribution in [2.45, 2.75) is 18.8 Å². The monoisotopic (exact) mass is 237 g/mol. The number of β-amino-alcohol motifs (C(OH)–C–C–N with tert-alkyl or cyclic N) is 1. The van der Waals surface area contributed by atoms with E-state index in [2.05, 4.69) is 0 Å². The molecule has 2 rings (SSSR count). The van der Waals surface area contributed by atoms with Crippen LogP contribution in [-0.4, -0.2) is 47.5 Å². The van der Waals surface area contributed by atoms with E-state index in [1.165, 1.54) is 0 Å². The van der Waals surface area contributed by atoms with Crippen molar-refractivity contribution in [1.82, 2.24) is 4.90 Å². The molecule has 0 aliphatic carbocycles. The number of rotatable bonds is 3. The number of hydrogen-bond acceptors (Lipinski definition) is 4. The summed E-state index contributed by atoms with van der Waals surface area (Å²) < 4.78 is 5.57. The highest BCUT2D eigenvalue weighted by Gasteiger charge is 2.42. The predicted octanol–water partition coefficient (Wildman–Crippen LogP) is 0.545. The van der Waals surface area contributed by atoms with Crippen LogP contribution in [0.15, 0.2) is 30.3 Å². The van der Waals surface area contributed by atoms with Crippen molar-refractivity contribution in [2.75, 3.05) is 26.3 Å². The lowest BCUT2D eigenvalue weighted by atomic mass is 9.96. The third kappa shape index (κ3) is 2.35. The molecule has 17 heavy (non-hydrogen) atoms. The van der Waals surface area contributed by atoms with E-state index in [0.717, 1.165) is 12.1 Å². The minimum atomic E-state index is -1.28. The normalized spacial score (nSPS) is 30.4. The number of aliphatic hydroxyl groups excluding tert-OH is 1. The van der Waals surface area contributed by atoms with Crippen LogP contribution in [0.5, 0.6) is 0 Å². The van der Waals surface area contributed by atoms with Crippen LogP contribution in [-0.2, 0) is 10.5 Å². The molecule has 0 spiro atoms. The zero-order valence-electron chi connectivity index (χ0n) is 10.0. The summed E-state index contributed by atoms with van der Waals surface area (Å²) >= 11 is 0. The molecule has 0 amide bonds. The molecule has 1 aromatic rings. The van der Waals surface area contributed by atoms with E-state index in [1.54, 1.807) is 0 Å². The second-order valence-corrected chi connectivity index (χ2v) is 4.35. The Morgan fingerprint density at radius 3 is 2.76 bits per heavy atom. The highest BCUT2D eigenvalue weighted by atomic mass is 16.6. The molecule has 2 atom stereocenters. The maximum Gasteiger partial charge on any atom is 0.208 e. The smallest absolute Gasteiger partial charge is 0.208 e. The molecule has 2 unspecified atom stereocenters. The van der Waals surface area contributed by atoms with Crippen LogP contribution >= 0.6 is 0 Å². The van der Waals surface area contributed by atoms with Crippen LogP contribution in [0.4, 0.5) is 0 Å². The Bertz CT molecular complexity index is 355. The number of nitrogens with zero attached hydrogens (tertiary/aromatic N) is 1. The zero-order valence-corrected chi connectivity index (χ0v) is 10.0. The van der Waals surface area contributed by atoms with Crippen molar-refractivity contribution in [3.63, 3.8) is 0 Å². The second-order valence-electron chi connectivity index (χ2n) is 4.35. The van der Waals surface area contributed by atoms with Crippen LogP contribution in [0.3, 0.4) is 0 Å². The average Bonchev–Trinajstić information content (AvgIpc) is 2.36. The summed E-state index contributed by atoms with van der Waals surface area (Å²) in [5.41, 5.74) is 0.759. The molecule has 1 fully saturated rings. The van der Waals surface area contributed by atoms with Crippen molar-refractivity contribution in [3.05, 3.63) is 35.9 Å². The molecule has 1 heterocycles. The van der Waals surface area contributed by atoms with E-state index in [-0.39, 0.29) is 12.6 Å². The van der Waals surface area contributed by atoms with E-state index >= 15 is 0 Å². The maximum absolute atomic E-state index is 10.7. The van der Waals surface area contributed by atoms with Gasteiger partial charge in [-0.2, -0.15) is 0 Å². The van der Waals surface area contributed by atoms with Gasteiger partial charge >= 0.3 is 0 Å². The molecule has 1 aromatic carbocycles. The third-order valence-electron chi connectivity index (χ3n) is 3.39. The Morgan fingerprint density at radius 1 is 1.41 bits per heavy atom. The van der Waals surface area contributed by atoms with Gasteiger partial charge in [-0.1, -0.05) is 30.3 Å². The average molecular weight is 237 g/mol. The lowest BCUT2D eigenvalue weighted by molar-refractivity contribution is -0.275. The highest BCUT2D eigenvalue weighted by molar-refractivity contribution is 5.22. The van der Waals surface area contributed by atoms with Gasteiger partial charge in [0.25, 0.3) is 0 Å². The molecule has 1 aliphatic rings. The minimum absolute atomic E-state index is 0.0925. The van der Waals surface area contributed by atoms with Gasteiger partial charge in [-0.15, -0.1) is 0 Å². The van der Waals surface area contributed by atoms with Crippen molar-refractivity contribution >= 4 is 0 Å². The standard InChI is InChI=1S/C13H19NO3/c1-11-13(16,12-5-3-2-4-6-12)17-10-8-14(11)7-9-15/h2-6,11,15-16H,7-10H2,1H3. The quantitative estimate of drug-likeness (QED) is 0.806. The fourth-order valence-corrected chi connectivity index (χ4v) is 2.32. The molecule has 1 aliphatic heterocycles. The lowest BCUT2D eigenvalue weighted by Crippen LogP contribution is -2.57. The van der Waals surface area contributed by atoms with E-state index in [0.29, 0.717) is 13.2 Å². The van der Waals surface area contributed by atoms with Gasteiger partial charge in [0.2, 0.25) is 5.79 Å². The molecule has 0 radical (unpaired) electrons. The SMILES string of the molecule is CC1N(CCO)CCOC1(O)c1ccccc1.